The lowest BCUT2D eigenvalue weighted by molar-refractivity contribution is -0.130. The van der Waals surface area contributed by atoms with Crippen LogP contribution in [0.2, 0.25) is 0 Å². The Kier molecular flexibility index (Phi) is 4.00. The fraction of sp³-hybridized carbons (Fsp3) is 0.923. The van der Waals surface area contributed by atoms with E-state index < -0.39 is 0 Å². The SMILES string of the molecule is CC(C)CC(C)(C)C(=O)NCC1(N)CCC1. The standard InChI is InChI=1S/C13H26N2O/c1-10(2)8-12(3,4)11(16)15-9-13(14)6-5-7-13/h10H,5-9,14H2,1-4H3,(H,15,16). The Bertz CT molecular complexity index is 255. The smallest absolute Gasteiger partial charge is 0.225 e. The van der Waals surface area contributed by atoms with Gasteiger partial charge in [0.25, 0.3) is 0 Å². The fourth-order valence-corrected chi connectivity index (χ4v) is 2.42. The number of amides is 1. The molecule has 0 saturated heterocycles. The van der Waals surface area contributed by atoms with Crippen molar-refractivity contribution in [3.63, 3.8) is 0 Å². The van der Waals surface area contributed by atoms with E-state index in [0.717, 1.165) is 19.3 Å². The minimum atomic E-state index is -0.283. The minimum absolute atomic E-state index is 0.121. The highest BCUT2D eigenvalue weighted by Crippen LogP contribution is 2.29. The van der Waals surface area contributed by atoms with Crippen molar-refractivity contribution in [1.82, 2.24) is 5.32 Å². The zero-order valence-corrected chi connectivity index (χ0v) is 11.1. The summed E-state index contributed by atoms with van der Waals surface area (Å²) in [6.07, 6.45) is 4.19. The van der Waals surface area contributed by atoms with E-state index in [-0.39, 0.29) is 16.9 Å². The molecule has 0 heterocycles. The van der Waals surface area contributed by atoms with Crippen LogP contribution in [0, 0.1) is 11.3 Å². The average Bonchev–Trinajstić information content (AvgIpc) is 2.08. The third-order valence-electron chi connectivity index (χ3n) is 3.48. The molecule has 3 nitrogen and oxygen atoms in total. The van der Waals surface area contributed by atoms with Crippen molar-refractivity contribution < 1.29 is 4.79 Å². The van der Waals surface area contributed by atoms with Crippen LogP contribution in [-0.4, -0.2) is 18.0 Å². The van der Waals surface area contributed by atoms with Gasteiger partial charge >= 0.3 is 0 Å². The maximum absolute atomic E-state index is 12.0. The molecule has 1 aliphatic carbocycles. The lowest BCUT2D eigenvalue weighted by Crippen LogP contribution is -2.56. The lowest BCUT2D eigenvalue weighted by atomic mass is 9.77. The average molecular weight is 226 g/mol. The summed E-state index contributed by atoms with van der Waals surface area (Å²) < 4.78 is 0. The summed E-state index contributed by atoms with van der Waals surface area (Å²) in [4.78, 5) is 12.0. The van der Waals surface area contributed by atoms with E-state index in [9.17, 15) is 4.79 Å². The first-order valence-electron chi connectivity index (χ1n) is 6.32. The van der Waals surface area contributed by atoms with Gasteiger partial charge in [-0.3, -0.25) is 4.79 Å². The van der Waals surface area contributed by atoms with Crippen molar-refractivity contribution in [3.05, 3.63) is 0 Å². The second kappa shape index (κ2) is 4.74. The Morgan fingerprint density at radius 2 is 2.00 bits per heavy atom. The van der Waals surface area contributed by atoms with Gasteiger partial charge in [-0.25, -0.2) is 0 Å². The molecule has 3 N–H and O–H groups in total. The van der Waals surface area contributed by atoms with Crippen LogP contribution in [0.25, 0.3) is 0 Å². The molecule has 0 unspecified atom stereocenters. The van der Waals surface area contributed by atoms with E-state index in [0.29, 0.717) is 12.5 Å². The summed E-state index contributed by atoms with van der Waals surface area (Å²) in [5.41, 5.74) is 5.68. The molecular formula is C13H26N2O. The van der Waals surface area contributed by atoms with Crippen molar-refractivity contribution in [2.45, 2.75) is 58.9 Å². The number of nitrogens with one attached hydrogen (secondary N) is 1. The van der Waals surface area contributed by atoms with Gasteiger partial charge in [0.05, 0.1) is 0 Å². The Balaban J connectivity index is 2.38. The molecule has 0 aromatic rings. The molecule has 1 fully saturated rings. The molecule has 1 rings (SSSR count). The highest BCUT2D eigenvalue weighted by Gasteiger charge is 2.35. The van der Waals surface area contributed by atoms with E-state index in [2.05, 4.69) is 19.2 Å². The van der Waals surface area contributed by atoms with Crippen molar-refractivity contribution in [2.24, 2.45) is 17.1 Å². The van der Waals surface area contributed by atoms with Gasteiger partial charge in [-0.1, -0.05) is 27.7 Å². The first kappa shape index (κ1) is 13.5. The summed E-state index contributed by atoms with van der Waals surface area (Å²) in [6, 6.07) is 0. The fourth-order valence-electron chi connectivity index (χ4n) is 2.42. The van der Waals surface area contributed by atoms with Crippen LogP contribution in [0.1, 0.15) is 53.4 Å². The van der Waals surface area contributed by atoms with E-state index in [4.69, 9.17) is 5.73 Å². The molecule has 3 heteroatoms. The normalized spacial score (nSPS) is 19.4. The molecule has 0 radical (unpaired) electrons. The van der Waals surface area contributed by atoms with Gasteiger partial charge in [-0.2, -0.15) is 0 Å². The Morgan fingerprint density at radius 3 is 2.38 bits per heavy atom. The quantitative estimate of drug-likeness (QED) is 0.754. The molecule has 0 aromatic heterocycles. The van der Waals surface area contributed by atoms with Crippen molar-refractivity contribution >= 4 is 5.91 Å². The van der Waals surface area contributed by atoms with E-state index in [1.165, 1.54) is 6.42 Å². The summed E-state index contributed by atoms with van der Waals surface area (Å²) in [5.74, 6) is 0.675. The topological polar surface area (TPSA) is 55.1 Å². The molecule has 0 aromatic carbocycles. The predicted octanol–water partition coefficient (Wildman–Crippen LogP) is 2.06. The minimum Gasteiger partial charge on any atom is -0.354 e. The Morgan fingerprint density at radius 1 is 1.44 bits per heavy atom. The van der Waals surface area contributed by atoms with Gasteiger partial charge in [0.15, 0.2) is 0 Å². The van der Waals surface area contributed by atoms with Gasteiger partial charge in [0.2, 0.25) is 5.91 Å². The van der Waals surface area contributed by atoms with Crippen molar-refractivity contribution in [2.75, 3.05) is 6.54 Å². The maximum atomic E-state index is 12.0. The highest BCUT2D eigenvalue weighted by atomic mass is 16.2. The van der Waals surface area contributed by atoms with E-state index in [1.807, 2.05) is 13.8 Å². The van der Waals surface area contributed by atoms with Crippen LogP contribution < -0.4 is 11.1 Å². The van der Waals surface area contributed by atoms with E-state index in [1.54, 1.807) is 0 Å². The molecule has 0 bridgehead atoms. The molecule has 16 heavy (non-hydrogen) atoms. The molecule has 0 aliphatic heterocycles. The van der Waals surface area contributed by atoms with Crippen LogP contribution in [0.5, 0.6) is 0 Å². The molecule has 1 saturated carbocycles. The number of carbonyl (C=O) groups is 1. The molecular weight excluding hydrogens is 200 g/mol. The summed E-state index contributed by atoms with van der Waals surface area (Å²) in [6.45, 7) is 8.93. The number of hydrogen-bond acceptors (Lipinski definition) is 2. The summed E-state index contributed by atoms with van der Waals surface area (Å²) in [7, 11) is 0. The molecule has 0 spiro atoms. The van der Waals surface area contributed by atoms with Gasteiger partial charge in [-0.15, -0.1) is 0 Å². The summed E-state index contributed by atoms with van der Waals surface area (Å²) >= 11 is 0. The van der Waals surface area contributed by atoms with Crippen LogP contribution >= 0.6 is 0 Å². The van der Waals surface area contributed by atoms with Gasteiger partial charge in [-0.05, 0) is 31.6 Å². The second-order valence-corrected chi connectivity index (χ2v) is 6.38. The zero-order valence-electron chi connectivity index (χ0n) is 11.1. The van der Waals surface area contributed by atoms with Gasteiger partial charge < -0.3 is 11.1 Å². The molecule has 1 amide bonds. The van der Waals surface area contributed by atoms with Gasteiger partial charge in [0, 0.05) is 17.5 Å². The molecule has 94 valence electrons. The van der Waals surface area contributed by atoms with Crippen LogP contribution in [0.15, 0.2) is 0 Å². The van der Waals surface area contributed by atoms with Crippen LogP contribution in [-0.2, 0) is 4.79 Å². The zero-order chi connectivity index (χ0) is 12.4. The van der Waals surface area contributed by atoms with Crippen molar-refractivity contribution in [1.29, 1.82) is 0 Å². The molecule has 1 aliphatic rings. The van der Waals surface area contributed by atoms with Crippen LogP contribution in [0.3, 0.4) is 0 Å². The monoisotopic (exact) mass is 226 g/mol. The number of rotatable bonds is 5. The number of nitrogens with two attached hydrogens (primary N) is 1. The van der Waals surface area contributed by atoms with E-state index >= 15 is 0 Å². The summed E-state index contributed by atoms with van der Waals surface area (Å²) in [5, 5.41) is 3.01. The predicted molar refractivity (Wildman–Crippen MR) is 67.0 cm³/mol. The third-order valence-corrected chi connectivity index (χ3v) is 3.48. The Labute approximate surface area is 99.2 Å². The van der Waals surface area contributed by atoms with Crippen LogP contribution in [0.4, 0.5) is 0 Å². The number of hydrogen-bond donors (Lipinski definition) is 2. The van der Waals surface area contributed by atoms with Gasteiger partial charge in [0.1, 0.15) is 0 Å². The largest absolute Gasteiger partial charge is 0.354 e. The maximum Gasteiger partial charge on any atom is 0.225 e. The first-order chi connectivity index (χ1) is 7.25. The van der Waals surface area contributed by atoms with Crippen molar-refractivity contribution in [3.8, 4) is 0 Å². The lowest BCUT2D eigenvalue weighted by Gasteiger charge is -2.39. The molecule has 0 atom stereocenters. The third kappa shape index (κ3) is 3.48. The second-order valence-electron chi connectivity index (χ2n) is 6.38. The Hall–Kier alpha value is -0.570. The first-order valence-corrected chi connectivity index (χ1v) is 6.32. The number of carbonyl (C=O) groups excluding carboxylic acids is 1. The highest BCUT2D eigenvalue weighted by molar-refractivity contribution is 5.81.